The molecule has 0 amide bonds. The normalized spacial score (nSPS) is 12.1. The molecule has 17 heavy (non-hydrogen) atoms. The highest BCUT2D eigenvalue weighted by Crippen LogP contribution is 2.20. The zero-order chi connectivity index (χ0) is 12.5. The Balaban J connectivity index is 2.58. The van der Waals surface area contributed by atoms with Gasteiger partial charge in [0.15, 0.2) is 0 Å². The Bertz CT molecular complexity index is 631. The summed E-state index contributed by atoms with van der Waals surface area (Å²) in [7, 11) is -3.41. The molecule has 6 heteroatoms. The first kappa shape index (κ1) is 11.9. The number of anilines is 1. The fourth-order valence-electron chi connectivity index (χ4n) is 1.73. The number of hydrogen-bond acceptors (Lipinski definition) is 4. The van der Waals surface area contributed by atoms with Crippen LogP contribution in [0.3, 0.4) is 0 Å². The Hall–Kier alpha value is -1.56. The van der Waals surface area contributed by atoms with Crippen LogP contribution < -0.4 is 5.73 Å². The van der Waals surface area contributed by atoms with Crippen LogP contribution in [0.5, 0.6) is 0 Å². The molecule has 0 aliphatic carbocycles. The van der Waals surface area contributed by atoms with Gasteiger partial charge in [-0.25, -0.2) is 17.4 Å². The van der Waals surface area contributed by atoms with Crippen molar-refractivity contribution in [1.82, 2.24) is 8.96 Å². The number of rotatable bonds is 4. The Morgan fingerprint density at radius 2 is 2.06 bits per heavy atom. The molecule has 0 aliphatic rings. The zero-order valence-electron chi connectivity index (χ0n) is 9.63. The second kappa shape index (κ2) is 4.37. The molecule has 2 N–H and O–H groups in total. The van der Waals surface area contributed by atoms with E-state index >= 15 is 0 Å². The van der Waals surface area contributed by atoms with Crippen molar-refractivity contribution in [2.45, 2.75) is 19.8 Å². The van der Waals surface area contributed by atoms with Crippen molar-refractivity contribution in [2.75, 3.05) is 11.5 Å². The summed E-state index contributed by atoms with van der Waals surface area (Å²) in [6.45, 7) is 1.95. The van der Waals surface area contributed by atoms with Gasteiger partial charge in [0.05, 0.1) is 16.8 Å². The largest absolute Gasteiger partial charge is 0.368 e. The summed E-state index contributed by atoms with van der Waals surface area (Å²) in [5, 5.41) is 0. The van der Waals surface area contributed by atoms with Gasteiger partial charge in [-0.15, -0.1) is 0 Å². The Labute approximate surface area is 100 Å². The molecule has 5 nitrogen and oxygen atoms in total. The average Bonchev–Trinajstić information content (AvgIpc) is 2.63. The average molecular weight is 253 g/mol. The molecule has 0 atom stereocenters. The van der Waals surface area contributed by atoms with Crippen molar-refractivity contribution in [1.29, 1.82) is 0 Å². The second-order valence-corrected chi connectivity index (χ2v) is 5.83. The molecular formula is C11H15N3O2S. The van der Waals surface area contributed by atoms with E-state index in [0.717, 1.165) is 10.4 Å². The molecule has 1 aromatic carbocycles. The highest BCUT2D eigenvalue weighted by molar-refractivity contribution is 7.90. The number of hydrogen-bond donors (Lipinski definition) is 1. The predicted molar refractivity (Wildman–Crippen MR) is 68.2 cm³/mol. The standard InChI is InChI=1S/C11H15N3O2S/c1-2-3-8-17(15,16)14-10-7-5-4-6-9(10)13-11(14)12/h4-7H,2-3,8H2,1H3,(H2,12,13). The van der Waals surface area contributed by atoms with Gasteiger partial charge in [-0.2, -0.15) is 0 Å². The number of para-hydroxylation sites is 2. The van der Waals surface area contributed by atoms with E-state index in [4.69, 9.17) is 5.73 Å². The van der Waals surface area contributed by atoms with Gasteiger partial charge in [-0.05, 0) is 18.6 Å². The second-order valence-electron chi connectivity index (χ2n) is 3.89. The summed E-state index contributed by atoms with van der Waals surface area (Å²) in [4.78, 5) is 4.05. The third-order valence-electron chi connectivity index (χ3n) is 2.58. The van der Waals surface area contributed by atoms with Crippen molar-refractivity contribution < 1.29 is 8.42 Å². The summed E-state index contributed by atoms with van der Waals surface area (Å²) in [6.07, 6.45) is 1.44. The number of aromatic nitrogens is 2. The minimum atomic E-state index is -3.41. The van der Waals surface area contributed by atoms with Crippen molar-refractivity contribution in [3.05, 3.63) is 24.3 Å². The van der Waals surface area contributed by atoms with E-state index in [0.29, 0.717) is 17.5 Å². The summed E-state index contributed by atoms with van der Waals surface area (Å²) in [5.74, 6) is 0.121. The molecule has 0 aliphatic heterocycles. The maximum absolute atomic E-state index is 12.1. The van der Waals surface area contributed by atoms with Crippen molar-refractivity contribution in [2.24, 2.45) is 0 Å². The maximum atomic E-state index is 12.1. The van der Waals surface area contributed by atoms with Crippen LogP contribution in [-0.4, -0.2) is 23.1 Å². The number of fused-ring (bicyclic) bond motifs is 1. The molecule has 1 heterocycles. The molecule has 0 radical (unpaired) electrons. The molecule has 0 saturated carbocycles. The van der Waals surface area contributed by atoms with Crippen molar-refractivity contribution in [3.63, 3.8) is 0 Å². The van der Waals surface area contributed by atoms with E-state index in [2.05, 4.69) is 4.98 Å². The number of nitrogens with zero attached hydrogens (tertiary/aromatic N) is 2. The molecule has 0 bridgehead atoms. The lowest BCUT2D eigenvalue weighted by molar-refractivity contribution is 0.586. The fraction of sp³-hybridized carbons (Fsp3) is 0.364. The molecule has 0 saturated heterocycles. The van der Waals surface area contributed by atoms with Crippen LogP contribution >= 0.6 is 0 Å². The first-order chi connectivity index (χ1) is 8.06. The third kappa shape index (κ3) is 2.12. The molecule has 92 valence electrons. The molecule has 2 rings (SSSR count). The molecular weight excluding hydrogens is 238 g/mol. The van der Waals surface area contributed by atoms with Gasteiger partial charge in [0, 0.05) is 0 Å². The van der Waals surface area contributed by atoms with E-state index < -0.39 is 10.0 Å². The summed E-state index contributed by atoms with van der Waals surface area (Å²) in [5.41, 5.74) is 6.83. The van der Waals surface area contributed by atoms with E-state index in [1.54, 1.807) is 24.3 Å². The number of nitrogens with two attached hydrogens (primary N) is 1. The lowest BCUT2D eigenvalue weighted by Crippen LogP contribution is -2.18. The lowest BCUT2D eigenvalue weighted by Gasteiger charge is -2.07. The quantitative estimate of drug-likeness (QED) is 0.897. The smallest absolute Gasteiger partial charge is 0.241 e. The molecule has 2 aromatic rings. The summed E-state index contributed by atoms with van der Waals surface area (Å²) in [6, 6.07) is 7.03. The van der Waals surface area contributed by atoms with Gasteiger partial charge in [-0.1, -0.05) is 25.5 Å². The molecule has 1 aromatic heterocycles. The highest BCUT2D eigenvalue weighted by Gasteiger charge is 2.19. The van der Waals surface area contributed by atoms with Crippen LogP contribution in [0.2, 0.25) is 0 Å². The van der Waals surface area contributed by atoms with Crippen LogP contribution in [0, 0.1) is 0 Å². The number of benzene rings is 1. The van der Waals surface area contributed by atoms with Gasteiger partial charge < -0.3 is 5.73 Å². The first-order valence-electron chi connectivity index (χ1n) is 5.52. The van der Waals surface area contributed by atoms with Gasteiger partial charge in [-0.3, -0.25) is 0 Å². The van der Waals surface area contributed by atoms with Crippen molar-refractivity contribution >= 4 is 27.0 Å². The topological polar surface area (TPSA) is 78.0 Å². The Morgan fingerprint density at radius 1 is 1.35 bits per heavy atom. The number of unbranched alkanes of at least 4 members (excludes halogenated alkanes) is 1. The fourth-order valence-corrected chi connectivity index (χ4v) is 3.35. The van der Waals surface area contributed by atoms with Crippen LogP contribution in [0.1, 0.15) is 19.8 Å². The lowest BCUT2D eigenvalue weighted by atomic mass is 10.3. The molecule has 0 unspecified atom stereocenters. The zero-order valence-corrected chi connectivity index (χ0v) is 10.4. The first-order valence-corrected chi connectivity index (χ1v) is 7.13. The third-order valence-corrected chi connectivity index (χ3v) is 4.32. The van der Waals surface area contributed by atoms with Crippen LogP contribution in [0.25, 0.3) is 11.0 Å². The number of imidazole rings is 1. The van der Waals surface area contributed by atoms with Gasteiger partial charge in [0.1, 0.15) is 0 Å². The van der Waals surface area contributed by atoms with Gasteiger partial charge >= 0.3 is 0 Å². The van der Waals surface area contributed by atoms with Crippen LogP contribution in [-0.2, 0) is 10.0 Å². The van der Waals surface area contributed by atoms with E-state index in [9.17, 15) is 8.42 Å². The monoisotopic (exact) mass is 253 g/mol. The summed E-state index contributed by atoms with van der Waals surface area (Å²) < 4.78 is 25.4. The minimum Gasteiger partial charge on any atom is -0.368 e. The van der Waals surface area contributed by atoms with E-state index in [1.807, 2.05) is 6.92 Å². The molecule has 0 spiro atoms. The van der Waals surface area contributed by atoms with E-state index in [1.165, 1.54) is 0 Å². The summed E-state index contributed by atoms with van der Waals surface area (Å²) >= 11 is 0. The predicted octanol–water partition coefficient (Wildman–Crippen LogP) is 1.60. The Kier molecular flexibility index (Phi) is 3.06. The number of nitrogen functional groups attached to an aromatic ring is 1. The van der Waals surface area contributed by atoms with Gasteiger partial charge in [0.25, 0.3) is 0 Å². The Morgan fingerprint density at radius 3 is 2.76 bits per heavy atom. The minimum absolute atomic E-state index is 0.0299. The van der Waals surface area contributed by atoms with Crippen molar-refractivity contribution in [3.8, 4) is 0 Å². The van der Waals surface area contributed by atoms with Crippen LogP contribution in [0.15, 0.2) is 24.3 Å². The van der Waals surface area contributed by atoms with Gasteiger partial charge in [0.2, 0.25) is 16.0 Å². The highest BCUT2D eigenvalue weighted by atomic mass is 32.2. The molecule has 0 fully saturated rings. The van der Waals surface area contributed by atoms with E-state index in [-0.39, 0.29) is 11.7 Å². The maximum Gasteiger partial charge on any atom is 0.241 e. The van der Waals surface area contributed by atoms with Crippen LogP contribution in [0.4, 0.5) is 5.95 Å². The SMILES string of the molecule is CCCCS(=O)(=O)n1c(N)nc2ccccc21.